The molecule has 0 saturated carbocycles. The van der Waals surface area contributed by atoms with Gasteiger partial charge in [0.05, 0.1) is 44.1 Å². The molecule has 0 aliphatic rings. The van der Waals surface area contributed by atoms with Crippen LogP contribution in [0.2, 0.25) is 0 Å². The van der Waals surface area contributed by atoms with Crippen LogP contribution in [-0.4, -0.2) is 41.1 Å². The van der Waals surface area contributed by atoms with Crippen LogP contribution in [0.3, 0.4) is 0 Å². The van der Waals surface area contributed by atoms with E-state index in [0.29, 0.717) is 5.82 Å². The summed E-state index contributed by atoms with van der Waals surface area (Å²) >= 11 is 0. The van der Waals surface area contributed by atoms with E-state index in [0.717, 1.165) is 61.8 Å². The second-order valence-corrected chi connectivity index (χ2v) is 22.6. The van der Waals surface area contributed by atoms with E-state index in [9.17, 15) is 0 Å². The lowest BCUT2D eigenvalue weighted by Gasteiger charge is -2.34. The highest BCUT2D eigenvalue weighted by molar-refractivity contribution is 7.19. The molecule has 5 heterocycles. The molecule has 0 atom stereocenters. The van der Waals surface area contributed by atoms with E-state index < -0.39 is 8.07 Å². The number of hydrogen-bond donors (Lipinski definition) is 0. The molecular weight excluding hydrogens is 907 g/mol. The summed E-state index contributed by atoms with van der Waals surface area (Å²) < 4.78 is 9.14. The van der Waals surface area contributed by atoms with Gasteiger partial charge in [0.1, 0.15) is 11.6 Å². The summed E-state index contributed by atoms with van der Waals surface area (Å²) in [4.78, 5) is 16.5. The molecule has 73 heavy (non-hydrogen) atoms. The van der Waals surface area contributed by atoms with Gasteiger partial charge in [-0.3, -0.25) is 13.5 Å². The maximum Gasteiger partial charge on any atom is 0.221 e. The van der Waals surface area contributed by atoms with Crippen molar-refractivity contribution >= 4 is 100 Å². The van der Waals surface area contributed by atoms with Gasteiger partial charge >= 0.3 is 0 Å². The Morgan fingerprint density at radius 1 is 0.288 bits per heavy atom. The van der Waals surface area contributed by atoms with Gasteiger partial charge in [-0.2, -0.15) is 0 Å². The lowest BCUT2D eigenvalue weighted by atomic mass is 10.2. The number of imidazole rings is 2. The van der Waals surface area contributed by atoms with E-state index in [2.05, 4.69) is 273 Å². The molecule has 0 spiro atoms. The predicted octanol–water partition coefficient (Wildman–Crippen LogP) is 12.5. The largest absolute Gasteiger partial charge is 0.309 e. The average molecular weight is 950 g/mol. The fourth-order valence-corrected chi connectivity index (χ4v) is 16.6. The van der Waals surface area contributed by atoms with Crippen LogP contribution in [-0.2, 0) is 0 Å². The van der Waals surface area contributed by atoms with Gasteiger partial charge in [0.15, 0.2) is 13.9 Å². The van der Waals surface area contributed by atoms with Crippen LogP contribution >= 0.6 is 0 Å². The normalized spacial score (nSPS) is 12.1. The van der Waals surface area contributed by atoms with Crippen molar-refractivity contribution in [2.24, 2.45) is 0 Å². The summed E-state index contributed by atoms with van der Waals surface area (Å²) in [5.41, 5.74) is 10.6. The van der Waals surface area contributed by atoms with E-state index >= 15 is 0 Å². The van der Waals surface area contributed by atoms with E-state index in [1.54, 1.807) is 0 Å². The highest BCUT2D eigenvalue weighted by Crippen LogP contribution is 2.36. The Morgan fingerprint density at radius 3 is 1.30 bits per heavy atom. The van der Waals surface area contributed by atoms with Gasteiger partial charge in [-0.05, 0) is 81.4 Å². The predicted molar refractivity (Wildman–Crippen MR) is 303 cm³/mol. The number of rotatable bonds is 8. The zero-order chi connectivity index (χ0) is 48.0. The number of nitrogens with zero attached hydrogens (tertiary/aromatic N) is 7. The maximum atomic E-state index is 5.62. The van der Waals surface area contributed by atoms with Crippen LogP contribution in [0, 0.1) is 0 Å². The van der Waals surface area contributed by atoms with E-state index in [-0.39, 0.29) is 0 Å². The van der Waals surface area contributed by atoms with Gasteiger partial charge < -0.3 is 4.57 Å². The molecule has 10 aromatic carbocycles. The first-order valence-electron chi connectivity index (χ1n) is 24.8. The molecule has 0 aliphatic carbocycles. The van der Waals surface area contributed by atoms with Crippen LogP contribution in [0.15, 0.2) is 261 Å². The number of fused-ring (bicyclic) bond motifs is 11. The highest BCUT2D eigenvalue weighted by atomic mass is 28.3. The molecule has 0 aliphatic heterocycles. The van der Waals surface area contributed by atoms with Crippen molar-refractivity contribution in [3.05, 3.63) is 261 Å². The van der Waals surface area contributed by atoms with E-state index in [4.69, 9.17) is 15.0 Å². The minimum Gasteiger partial charge on any atom is -0.309 e. The first-order chi connectivity index (χ1) is 36.2. The molecule has 8 heteroatoms. The molecule has 15 aromatic rings. The van der Waals surface area contributed by atoms with Crippen molar-refractivity contribution in [2.75, 3.05) is 0 Å². The van der Waals surface area contributed by atoms with Gasteiger partial charge in [0.25, 0.3) is 0 Å². The first-order valence-corrected chi connectivity index (χ1v) is 26.8. The van der Waals surface area contributed by atoms with Crippen LogP contribution in [0.1, 0.15) is 0 Å². The van der Waals surface area contributed by atoms with Crippen molar-refractivity contribution in [1.82, 2.24) is 33.1 Å². The maximum absolute atomic E-state index is 5.62. The quantitative estimate of drug-likeness (QED) is 0.113. The number of para-hydroxylation sites is 8. The summed E-state index contributed by atoms with van der Waals surface area (Å²) in [6, 6.07) is 94.3. The minimum absolute atomic E-state index is 0.619. The van der Waals surface area contributed by atoms with Gasteiger partial charge in [-0.1, -0.05) is 194 Å². The van der Waals surface area contributed by atoms with Crippen LogP contribution in [0.25, 0.3) is 100 Å². The fourth-order valence-electron chi connectivity index (χ4n) is 11.9. The third-order valence-corrected chi connectivity index (χ3v) is 19.7. The molecule has 0 unspecified atom stereocenters. The highest BCUT2D eigenvalue weighted by Gasteiger charge is 2.42. The van der Waals surface area contributed by atoms with Crippen molar-refractivity contribution in [1.29, 1.82) is 0 Å². The summed E-state index contributed by atoms with van der Waals surface area (Å²) in [5.74, 6) is 2.90. The summed E-state index contributed by atoms with van der Waals surface area (Å²) in [6.45, 7) is 0. The Kier molecular flexibility index (Phi) is 9.14. The Morgan fingerprint density at radius 2 is 0.726 bits per heavy atom. The second kappa shape index (κ2) is 16.2. The summed E-state index contributed by atoms with van der Waals surface area (Å²) in [6.07, 6.45) is 0. The van der Waals surface area contributed by atoms with E-state index in [1.807, 2.05) is 6.07 Å². The van der Waals surface area contributed by atoms with Gasteiger partial charge in [-0.25, -0.2) is 15.0 Å². The molecule has 0 amide bonds. The third-order valence-electron chi connectivity index (χ3n) is 14.9. The number of aromatic nitrogens is 7. The van der Waals surface area contributed by atoms with Gasteiger partial charge in [0, 0.05) is 38.9 Å². The summed E-state index contributed by atoms with van der Waals surface area (Å²) in [7, 11) is -3.07. The fraction of sp³-hybridized carbons (Fsp3) is 0. The lowest BCUT2D eigenvalue weighted by Crippen LogP contribution is -2.74. The molecule has 0 N–H and O–H groups in total. The topological polar surface area (TPSA) is 57.9 Å². The van der Waals surface area contributed by atoms with Crippen LogP contribution in [0.4, 0.5) is 0 Å². The lowest BCUT2D eigenvalue weighted by molar-refractivity contribution is 0.980. The monoisotopic (exact) mass is 949 g/mol. The molecule has 15 rings (SSSR count). The molecule has 342 valence electrons. The van der Waals surface area contributed by atoms with Crippen molar-refractivity contribution < 1.29 is 0 Å². The number of benzene rings is 10. The molecular formula is C65H43N7Si. The SMILES string of the molecule is c1ccc([Si](c2ccccc2)(c2ccc(-n3c4ccccc4c4ccccc43)cc2)c2cccc(-c3nc(-n4c5ccccc5c5ccccc54)cc(-n4c5ccccc5n5c6ccccc6nc45)n3)c2)cc1. The van der Waals surface area contributed by atoms with Gasteiger partial charge in [-0.15, -0.1) is 0 Å². The smallest absolute Gasteiger partial charge is 0.221 e. The standard InChI is InChI=1S/C65H43N7Si/c1-3-21-46(22-4-1)73(47-23-5-2-6-24-47,48-40-38-45(39-41-48)69-55-31-12-7-26-50(55)51-27-8-13-32-56(51)69)49-25-19-20-44(42-49)64-67-62(70-57-33-14-9-28-52(57)53-29-10-15-34-58(53)70)43-63(68-64)72-61-37-18-17-36-60(61)71-59-35-16-11-30-54(59)66-65(71)72/h1-43H. The Hall–Kier alpha value is -9.63. The minimum atomic E-state index is -3.07. The second-order valence-electron chi connectivity index (χ2n) is 18.8. The average Bonchev–Trinajstić information content (AvgIpc) is 4.20. The van der Waals surface area contributed by atoms with Gasteiger partial charge in [0.2, 0.25) is 5.78 Å². The Balaban J connectivity index is 0.987. The zero-order valence-corrected chi connectivity index (χ0v) is 40.5. The molecule has 0 saturated heterocycles. The van der Waals surface area contributed by atoms with E-state index in [1.165, 1.54) is 53.3 Å². The Bertz CT molecular complexity index is 4480. The molecule has 7 nitrogen and oxygen atoms in total. The molecule has 5 aromatic heterocycles. The molecule has 0 fully saturated rings. The van der Waals surface area contributed by atoms with Crippen LogP contribution in [0.5, 0.6) is 0 Å². The third kappa shape index (κ3) is 6.14. The summed E-state index contributed by atoms with van der Waals surface area (Å²) in [5, 5.41) is 9.91. The molecule has 0 bridgehead atoms. The van der Waals surface area contributed by atoms with Crippen molar-refractivity contribution in [3.63, 3.8) is 0 Å². The Labute approximate surface area is 420 Å². The zero-order valence-electron chi connectivity index (χ0n) is 39.5. The molecule has 0 radical (unpaired) electrons. The van der Waals surface area contributed by atoms with Crippen molar-refractivity contribution in [3.8, 4) is 28.7 Å². The number of hydrogen-bond acceptors (Lipinski definition) is 3. The van der Waals surface area contributed by atoms with Crippen LogP contribution < -0.4 is 20.7 Å². The first kappa shape index (κ1) is 41.2. The van der Waals surface area contributed by atoms with Crippen molar-refractivity contribution in [2.45, 2.75) is 0 Å².